The number of carbonyl (C=O) groups excluding carboxylic acids is 1. The maximum absolute atomic E-state index is 12.5. The van der Waals surface area contributed by atoms with Crippen LogP contribution in [0, 0.1) is 6.92 Å². The van der Waals surface area contributed by atoms with Crippen LogP contribution in [0.1, 0.15) is 52.0 Å². The molecule has 0 heterocycles. The molecule has 1 aliphatic rings. The number of rotatable bonds is 4. The van der Waals surface area contributed by atoms with Crippen molar-refractivity contribution in [1.29, 1.82) is 0 Å². The first-order chi connectivity index (χ1) is 11.1. The number of aryl methyl sites for hydroxylation is 3. The van der Waals surface area contributed by atoms with Crippen LogP contribution in [0.2, 0.25) is 0 Å². The number of hydrogen-bond acceptors (Lipinski definition) is 2. The lowest BCUT2D eigenvalue weighted by molar-refractivity contribution is 0.0939. The average molecular weight is 309 g/mol. The second kappa shape index (κ2) is 6.45. The van der Waals surface area contributed by atoms with E-state index < -0.39 is 0 Å². The first kappa shape index (κ1) is 15.6. The SMILES string of the molecule is COc1ccc(C(=O)N[C@H](C)c2ccc3c(c2)CCC3)cc1C. The van der Waals surface area contributed by atoms with Gasteiger partial charge in [-0.15, -0.1) is 0 Å². The van der Waals surface area contributed by atoms with E-state index in [1.807, 2.05) is 26.0 Å². The van der Waals surface area contributed by atoms with Crippen LogP contribution in [0.25, 0.3) is 0 Å². The minimum atomic E-state index is -0.0521. The lowest BCUT2D eigenvalue weighted by Crippen LogP contribution is -2.26. The van der Waals surface area contributed by atoms with Gasteiger partial charge in [0.2, 0.25) is 0 Å². The Hall–Kier alpha value is -2.29. The van der Waals surface area contributed by atoms with Crippen molar-refractivity contribution in [2.24, 2.45) is 0 Å². The van der Waals surface area contributed by atoms with Gasteiger partial charge in [0.05, 0.1) is 13.2 Å². The number of ether oxygens (including phenoxy) is 1. The fourth-order valence-corrected chi connectivity index (χ4v) is 3.24. The van der Waals surface area contributed by atoms with Crippen molar-refractivity contribution >= 4 is 5.91 Å². The molecule has 3 nitrogen and oxygen atoms in total. The first-order valence-corrected chi connectivity index (χ1v) is 8.15. The fraction of sp³-hybridized carbons (Fsp3) is 0.350. The normalized spacial score (nSPS) is 14.2. The highest BCUT2D eigenvalue weighted by molar-refractivity contribution is 5.94. The van der Waals surface area contributed by atoms with Crippen LogP contribution in [0.15, 0.2) is 36.4 Å². The summed E-state index contributed by atoms with van der Waals surface area (Å²) in [7, 11) is 1.64. The zero-order valence-corrected chi connectivity index (χ0v) is 14.0. The molecule has 0 saturated heterocycles. The maximum Gasteiger partial charge on any atom is 0.251 e. The van der Waals surface area contributed by atoms with Crippen LogP contribution in [0.4, 0.5) is 0 Å². The van der Waals surface area contributed by atoms with Gasteiger partial charge in [0.1, 0.15) is 5.75 Å². The Balaban J connectivity index is 1.73. The summed E-state index contributed by atoms with van der Waals surface area (Å²) in [5.41, 5.74) is 5.69. The molecule has 1 atom stereocenters. The quantitative estimate of drug-likeness (QED) is 0.927. The summed E-state index contributed by atoms with van der Waals surface area (Å²) in [6.07, 6.45) is 3.58. The van der Waals surface area contributed by atoms with Gasteiger partial charge in [0, 0.05) is 5.56 Å². The van der Waals surface area contributed by atoms with Gasteiger partial charge < -0.3 is 10.1 Å². The van der Waals surface area contributed by atoms with Crippen molar-refractivity contribution in [3.8, 4) is 5.75 Å². The molecule has 0 unspecified atom stereocenters. The van der Waals surface area contributed by atoms with Crippen LogP contribution in [-0.4, -0.2) is 13.0 Å². The molecule has 23 heavy (non-hydrogen) atoms. The standard InChI is InChI=1S/C20H23NO2/c1-13-11-18(9-10-19(13)23-3)20(22)21-14(2)16-8-7-15-5-4-6-17(15)12-16/h7-12,14H,4-6H2,1-3H3,(H,21,22)/t14-/m1/s1. The molecule has 1 amide bonds. The Morgan fingerprint density at radius 2 is 1.91 bits per heavy atom. The van der Waals surface area contributed by atoms with E-state index in [9.17, 15) is 4.79 Å². The van der Waals surface area contributed by atoms with Crippen molar-refractivity contribution < 1.29 is 9.53 Å². The van der Waals surface area contributed by atoms with E-state index in [-0.39, 0.29) is 11.9 Å². The average Bonchev–Trinajstić information content (AvgIpc) is 3.02. The third-order valence-electron chi connectivity index (χ3n) is 4.63. The summed E-state index contributed by atoms with van der Waals surface area (Å²) in [5.74, 6) is 0.747. The van der Waals surface area contributed by atoms with Crippen LogP contribution in [0.3, 0.4) is 0 Å². The number of carbonyl (C=O) groups is 1. The molecule has 0 radical (unpaired) electrons. The molecule has 120 valence electrons. The highest BCUT2D eigenvalue weighted by Crippen LogP contribution is 2.25. The molecule has 1 N–H and O–H groups in total. The highest BCUT2D eigenvalue weighted by atomic mass is 16.5. The van der Waals surface area contributed by atoms with Crippen molar-refractivity contribution in [2.75, 3.05) is 7.11 Å². The van der Waals surface area contributed by atoms with E-state index in [1.165, 1.54) is 29.5 Å². The predicted molar refractivity (Wildman–Crippen MR) is 92.1 cm³/mol. The predicted octanol–water partition coefficient (Wildman–Crippen LogP) is 3.98. The van der Waals surface area contributed by atoms with E-state index in [0.29, 0.717) is 5.56 Å². The van der Waals surface area contributed by atoms with Gasteiger partial charge in [-0.05, 0) is 73.6 Å². The van der Waals surface area contributed by atoms with Crippen LogP contribution >= 0.6 is 0 Å². The Bertz CT molecular complexity index is 736. The largest absolute Gasteiger partial charge is 0.496 e. The summed E-state index contributed by atoms with van der Waals surface area (Å²) in [4.78, 5) is 12.5. The highest BCUT2D eigenvalue weighted by Gasteiger charge is 2.16. The Kier molecular flexibility index (Phi) is 4.37. The summed E-state index contributed by atoms with van der Waals surface area (Å²) in [6, 6.07) is 12.1. The maximum atomic E-state index is 12.5. The van der Waals surface area contributed by atoms with Crippen LogP contribution in [0.5, 0.6) is 5.75 Å². The molecular weight excluding hydrogens is 286 g/mol. The summed E-state index contributed by atoms with van der Waals surface area (Å²) in [5, 5.41) is 3.09. The van der Waals surface area contributed by atoms with E-state index in [0.717, 1.165) is 17.7 Å². The number of hydrogen-bond donors (Lipinski definition) is 1. The third-order valence-corrected chi connectivity index (χ3v) is 4.63. The minimum absolute atomic E-state index is 0.00388. The van der Waals surface area contributed by atoms with Crippen molar-refractivity contribution in [3.63, 3.8) is 0 Å². The van der Waals surface area contributed by atoms with Crippen molar-refractivity contribution in [2.45, 2.75) is 39.2 Å². The molecule has 0 aromatic heterocycles. The second-order valence-corrected chi connectivity index (χ2v) is 6.26. The van der Waals surface area contributed by atoms with E-state index in [2.05, 4.69) is 23.5 Å². The number of benzene rings is 2. The van der Waals surface area contributed by atoms with Gasteiger partial charge in [-0.25, -0.2) is 0 Å². The van der Waals surface area contributed by atoms with E-state index in [4.69, 9.17) is 4.74 Å². The van der Waals surface area contributed by atoms with E-state index >= 15 is 0 Å². The molecule has 2 aromatic rings. The zero-order chi connectivity index (χ0) is 16.4. The molecule has 3 rings (SSSR count). The number of fused-ring (bicyclic) bond motifs is 1. The van der Waals surface area contributed by atoms with Crippen molar-refractivity contribution in [1.82, 2.24) is 5.32 Å². The monoisotopic (exact) mass is 309 g/mol. The zero-order valence-electron chi connectivity index (χ0n) is 14.0. The number of amides is 1. The second-order valence-electron chi connectivity index (χ2n) is 6.26. The van der Waals surface area contributed by atoms with Gasteiger partial charge in [0.25, 0.3) is 5.91 Å². The number of nitrogens with one attached hydrogen (secondary N) is 1. The lowest BCUT2D eigenvalue weighted by atomic mass is 10.0. The van der Waals surface area contributed by atoms with Gasteiger partial charge in [-0.1, -0.05) is 18.2 Å². The Morgan fingerprint density at radius 1 is 1.13 bits per heavy atom. The molecule has 0 saturated carbocycles. The van der Waals surface area contributed by atoms with Gasteiger partial charge in [0.15, 0.2) is 0 Å². The number of methoxy groups -OCH3 is 1. The van der Waals surface area contributed by atoms with Crippen LogP contribution < -0.4 is 10.1 Å². The third kappa shape index (κ3) is 3.24. The first-order valence-electron chi connectivity index (χ1n) is 8.15. The van der Waals surface area contributed by atoms with Gasteiger partial charge in [-0.3, -0.25) is 4.79 Å². The molecule has 2 aromatic carbocycles. The molecule has 0 bridgehead atoms. The van der Waals surface area contributed by atoms with Crippen molar-refractivity contribution in [3.05, 3.63) is 64.2 Å². The fourth-order valence-electron chi connectivity index (χ4n) is 3.24. The molecular formula is C20H23NO2. The summed E-state index contributed by atoms with van der Waals surface area (Å²) < 4.78 is 5.24. The molecule has 0 spiro atoms. The van der Waals surface area contributed by atoms with Gasteiger partial charge in [-0.2, -0.15) is 0 Å². The summed E-state index contributed by atoms with van der Waals surface area (Å²) >= 11 is 0. The molecule has 0 fully saturated rings. The Morgan fingerprint density at radius 3 is 2.65 bits per heavy atom. The summed E-state index contributed by atoms with van der Waals surface area (Å²) in [6.45, 7) is 3.98. The van der Waals surface area contributed by atoms with Gasteiger partial charge >= 0.3 is 0 Å². The molecule has 3 heteroatoms. The van der Waals surface area contributed by atoms with Crippen LogP contribution in [-0.2, 0) is 12.8 Å². The van der Waals surface area contributed by atoms with E-state index in [1.54, 1.807) is 13.2 Å². The smallest absolute Gasteiger partial charge is 0.251 e. The lowest BCUT2D eigenvalue weighted by Gasteiger charge is -2.16. The Labute approximate surface area is 137 Å². The minimum Gasteiger partial charge on any atom is -0.496 e. The topological polar surface area (TPSA) is 38.3 Å². The molecule has 0 aliphatic heterocycles. The molecule has 1 aliphatic carbocycles.